The number of methoxy groups -OCH3 is 2. The highest BCUT2D eigenvalue weighted by Crippen LogP contribution is 2.32. The van der Waals surface area contributed by atoms with E-state index in [-0.39, 0.29) is 12.5 Å². The number of ether oxygens (including phenoxy) is 2. The molecule has 2 aromatic heterocycles. The Morgan fingerprint density at radius 2 is 1.88 bits per heavy atom. The Balaban J connectivity index is 1.46. The van der Waals surface area contributed by atoms with Crippen molar-refractivity contribution in [3.05, 3.63) is 59.8 Å². The number of carbonyl (C=O) groups excluding carboxylic acids is 1. The zero-order chi connectivity index (χ0) is 22.7. The van der Waals surface area contributed by atoms with E-state index in [9.17, 15) is 4.79 Å². The molecule has 166 valence electrons. The van der Waals surface area contributed by atoms with Gasteiger partial charge in [0.05, 0.1) is 36.8 Å². The summed E-state index contributed by atoms with van der Waals surface area (Å²) in [5.41, 5.74) is 3.56. The minimum absolute atomic E-state index is 0.0805. The van der Waals surface area contributed by atoms with Gasteiger partial charge in [0.15, 0.2) is 10.8 Å². The van der Waals surface area contributed by atoms with Crippen LogP contribution in [0, 0.1) is 6.92 Å². The van der Waals surface area contributed by atoms with Crippen LogP contribution in [0.2, 0.25) is 0 Å². The van der Waals surface area contributed by atoms with Gasteiger partial charge in [-0.3, -0.25) is 4.79 Å². The largest absolute Gasteiger partial charge is 0.497 e. The van der Waals surface area contributed by atoms with Crippen molar-refractivity contribution in [3.63, 3.8) is 0 Å². The first-order valence-corrected chi connectivity index (χ1v) is 10.9. The van der Waals surface area contributed by atoms with Crippen molar-refractivity contribution in [2.75, 3.05) is 32.7 Å². The van der Waals surface area contributed by atoms with Crippen molar-refractivity contribution in [2.24, 2.45) is 0 Å². The van der Waals surface area contributed by atoms with Gasteiger partial charge in [-0.1, -0.05) is 23.5 Å². The van der Waals surface area contributed by atoms with E-state index in [0.717, 1.165) is 43.9 Å². The lowest BCUT2D eigenvalue weighted by atomic mass is 10.2. The standard InChI is InChI=1S/C23H25N5O3S/c1-15-21-22(28(26-15)17-8-10-18(30-3)11-9-17)25-23(32-21)27(2)14-20(29)24-13-16-6-5-7-19(12-16)31-4/h5-12H,13-14H2,1-4H3,(H,24,29). The minimum Gasteiger partial charge on any atom is -0.497 e. The number of fused-ring (bicyclic) bond motifs is 1. The number of hydrogen-bond acceptors (Lipinski definition) is 7. The summed E-state index contributed by atoms with van der Waals surface area (Å²) in [5, 5.41) is 8.34. The second kappa shape index (κ2) is 9.27. The zero-order valence-electron chi connectivity index (χ0n) is 18.5. The molecule has 9 heteroatoms. The van der Waals surface area contributed by atoms with E-state index >= 15 is 0 Å². The van der Waals surface area contributed by atoms with Crippen LogP contribution < -0.4 is 19.7 Å². The first-order chi connectivity index (χ1) is 15.5. The molecular weight excluding hydrogens is 426 g/mol. The van der Waals surface area contributed by atoms with E-state index in [0.29, 0.717) is 6.54 Å². The molecule has 0 saturated heterocycles. The number of anilines is 1. The number of rotatable bonds is 8. The molecule has 1 N–H and O–H groups in total. The molecule has 0 atom stereocenters. The second-order valence-electron chi connectivity index (χ2n) is 7.33. The lowest BCUT2D eigenvalue weighted by Crippen LogP contribution is -2.34. The molecule has 0 spiro atoms. The van der Waals surface area contributed by atoms with E-state index in [1.165, 1.54) is 11.3 Å². The van der Waals surface area contributed by atoms with Crippen molar-refractivity contribution >= 4 is 32.7 Å². The molecule has 32 heavy (non-hydrogen) atoms. The van der Waals surface area contributed by atoms with Gasteiger partial charge in [0.2, 0.25) is 5.91 Å². The highest BCUT2D eigenvalue weighted by molar-refractivity contribution is 7.22. The van der Waals surface area contributed by atoms with E-state index in [2.05, 4.69) is 10.4 Å². The number of hydrogen-bond donors (Lipinski definition) is 1. The molecule has 0 bridgehead atoms. The molecule has 8 nitrogen and oxygen atoms in total. The van der Waals surface area contributed by atoms with Gasteiger partial charge in [-0.2, -0.15) is 10.1 Å². The average Bonchev–Trinajstić information content (AvgIpc) is 3.38. The molecule has 0 saturated carbocycles. The molecular formula is C23H25N5O3S. The number of likely N-dealkylation sites (N-methyl/N-ethyl adjacent to an activating group) is 1. The fourth-order valence-electron chi connectivity index (χ4n) is 3.31. The van der Waals surface area contributed by atoms with Gasteiger partial charge in [0.25, 0.3) is 0 Å². The Morgan fingerprint density at radius 3 is 2.59 bits per heavy atom. The van der Waals surface area contributed by atoms with Crippen LogP contribution in [0.1, 0.15) is 11.3 Å². The molecule has 1 amide bonds. The van der Waals surface area contributed by atoms with Crippen LogP contribution in [0.25, 0.3) is 16.0 Å². The van der Waals surface area contributed by atoms with E-state index in [1.807, 2.05) is 72.1 Å². The Morgan fingerprint density at radius 1 is 1.12 bits per heavy atom. The Labute approximate surface area is 190 Å². The molecule has 0 radical (unpaired) electrons. The van der Waals surface area contributed by atoms with E-state index in [4.69, 9.17) is 14.5 Å². The zero-order valence-corrected chi connectivity index (χ0v) is 19.3. The quantitative estimate of drug-likeness (QED) is 0.441. The third kappa shape index (κ3) is 4.52. The van der Waals surface area contributed by atoms with Crippen LogP contribution in [-0.4, -0.2) is 48.5 Å². The smallest absolute Gasteiger partial charge is 0.239 e. The van der Waals surface area contributed by atoms with E-state index < -0.39 is 0 Å². The third-order valence-electron chi connectivity index (χ3n) is 5.03. The maximum absolute atomic E-state index is 12.5. The van der Waals surface area contributed by atoms with Crippen molar-refractivity contribution in [1.82, 2.24) is 20.1 Å². The number of aryl methyl sites for hydroxylation is 1. The van der Waals surface area contributed by atoms with Gasteiger partial charge < -0.3 is 19.7 Å². The highest BCUT2D eigenvalue weighted by Gasteiger charge is 2.18. The summed E-state index contributed by atoms with van der Waals surface area (Å²) in [4.78, 5) is 19.1. The van der Waals surface area contributed by atoms with Crippen LogP contribution in [0.4, 0.5) is 5.13 Å². The van der Waals surface area contributed by atoms with Gasteiger partial charge in [-0.05, 0) is 48.9 Å². The topological polar surface area (TPSA) is 81.5 Å². The van der Waals surface area contributed by atoms with Gasteiger partial charge in [-0.15, -0.1) is 0 Å². The minimum atomic E-state index is -0.0805. The summed E-state index contributed by atoms with van der Waals surface area (Å²) in [5.74, 6) is 1.47. The summed E-state index contributed by atoms with van der Waals surface area (Å²) in [6.07, 6.45) is 0. The summed E-state index contributed by atoms with van der Waals surface area (Å²) < 4.78 is 13.3. The predicted molar refractivity (Wildman–Crippen MR) is 126 cm³/mol. The Bertz CT molecular complexity index is 1230. The highest BCUT2D eigenvalue weighted by atomic mass is 32.1. The SMILES string of the molecule is COc1ccc(-n2nc(C)c3sc(N(C)CC(=O)NCc4cccc(OC)c4)nc32)cc1. The molecule has 2 aromatic carbocycles. The fourth-order valence-corrected chi connectivity index (χ4v) is 4.26. The van der Waals surface area contributed by atoms with Gasteiger partial charge >= 0.3 is 0 Å². The second-order valence-corrected chi connectivity index (χ2v) is 8.31. The van der Waals surface area contributed by atoms with Crippen LogP contribution in [0.3, 0.4) is 0 Å². The number of aromatic nitrogens is 3. The maximum Gasteiger partial charge on any atom is 0.239 e. The Kier molecular flexibility index (Phi) is 6.27. The van der Waals surface area contributed by atoms with Gasteiger partial charge in [-0.25, -0.2) is 4.68 Å². The van der Waals surface area contributed by atoms with Crippen molar-refractivity contribution in [1.29, 1.82) is 0 Å². The third-order valence-corrected chi connectivity index (χ3v) is 6.29. The summed E-state index contributed by atoms with van der Waals surface area (Å²) in [6, 6.07) is 15.3. The molecule has 0 fully saturated rings. The maximum atomic E-state index is 12.5. The number of amides is 1. The van der Waals surface area contributed by atoms with Crippen molar-refractivity contribution in [3.8, 4) is 17.2 Å². The fraction of sp³-hybridized carbons (Fsp3) is 0.261. The van der Waals surface area contributed by atoms with Gasteiger partial charge in [0, 0.05) is 13.6 Å². The first kappa shape index (κ1) is 21.6. The van der Waals surface area contributed by atoms with Crippen LogP contribution in [0.15, 0.2) is 48.5 Å². The lowest BCUT2D eigenvalue weighted by Gasteiger charge is -2.15. The summed E-state index contributed by atoms with van der Waals surface area (Å²) in [6.45, 7) is 2.61. The van der Waals surface area contributed by atoms with Gasteiger partial charge in [0.1, 0.15) is 11.5 Å². The number of benzene rings is 2. The molecule has 0 aliphatic rings. The lowest BCUT2D eigenvalue weighted by molar-refractivity contribution is -0.119. The van der Waals surface area contributed by atoms with Crippen molar-refractivity contribution in [2.45, 2.75) is 13.5 Å². The van der Waals surface area contributed by atoms with E-state index in [1.54, 1.807) is 14.2 Å². The average molecular weight is 452 g/mol. The molecule has 4 aromatic rings. The molecule has 0 aliphatic heterocycles. The Hall–Kier alpha value is -3.59. The molecule has 2 heterocycles. The monoisotopic (exact) mass is 451 g/mol. The molecule has 0 aliphatic carbocycles. The van der Waals surface area contributed by atoms with Crippen LogP contribution in [-0.2, 0) is 11.3 Å². The number of thiazole rings is 1. The number of carbonyl (C=O) groups is 1. The number of nitrogens with zero attached hydrogens (tertiary/aromatic N) is 4. The summed E-state index contributed by atoms with van der Waals surface area (Å²) >= 11 is 1.53. The number of nitrogens with one attached hydrogen (secondary N) is 1. The first-order valence-electron chi connectivity index (χ1n) is 10.1. The predicted octanol–water partition coefficient (Wildman–Crippen LogP) is 3.56. The van der Waals surface area contributed by atoms with Crippen molar-refractivity contribution < 1.29 is 14.3 Å². The molecule has 4 rings (SSSR count). The van der Waals surface area contributed by atoms with Crippen LogP contribution >= 0.6 is 11.3 Å². The molecule has 0 unspecified atom stereocenters. The summed E-state index contributed by atoms with van der Waals surface area (Å²) in [7, 11) is 5.13. The normalized spacial score (nSPS) is 10.9. The van der Waals surface area contributed by atoms with Crippen LogP contribution in [0.5, 0.6) is 11.5 Å².